The molecule has 3 fully saturated rings. The zero-order valence-electron chi connectivity index (χ0n) is 13.1. The fraction of sp³-hybridized carbons (Fsp3) is 0.867. The first-order valence-corrected chi connectivity index (χ1v) is 9.55. The van der Waals surface area contributed by atoms with Gasteiger partial charge in [0.2, 0.25) is 5.91 Å². The van der Waals surface area contributed by atoms with Gasteiger partial charge in [0, 0.05) is 43.9 Å². The van der Waals surface area contributed by atoms with Gasteiger partial charge in [-0.15, -0.1) is 11.8 Å². The molecule has 1 atom stereocenters. The summed E-state index contributed by atoms with van der Waals surface area (Å²) in [5.41, 5.74) is 0. The molecule has 2 heterocycles. The molecular formula is C15H26N4O2S. The lowest BCUT2D eigenvalue weighted by molar-refractivity contribution is -0.134. The van der Waals surface area contributed by atoms with Crippen LogP contribution in [0.2, 0.25) is 0 Å². The van der Waals surface area contributed by atoms with E-state index >= 15 is 0 Å². The standard InChI is InChI=1S/C15H26N4O2S/c20-14(13-10-22-11-16-13)18-6-8-19(9-7-18)15(21)17-12-4-2-1-3-5-12/h12-13,16H,1-11H2,(H,17,21). The van der Waals surface area contributed by atoms with Crippen LogP contribution in [0.1, 0.15) is 32.1 Å². The average molecular weight is 326 g/mol. The zero-order chi connectivity index (χ0) is 15.4. The van der Waals surface area contributed by atoms with Crippen molar-refractivity contribution in [3.63, 3.8) is 0 Å². The number of nitrogens with zero attached hydrogens (tertiary/aromatic N) is 2. The van der Waals surface area contributed by atoms with Crippen LogP contribution in [0.4, 0.5) is 4.79 Å². The number of urea groups is 1. The highest BCUT2D eigenvalue weighted by Gasteiger charge is 2.31. The summed E-state index contributed by atoms with van der Waals surface area (Å²) in [5.74, 6) is 1.92. The molecular weight excluding hydrogens is 300 g/mol. The minimum atomic E-state index is -0.0346. The second kappa shape index (κ2) is 7.55. The maximum absolute atomic E-state index is 12.3. The van der Waals surface area contributed by atoms with Gasteiger partial charge in [-0.2, -0.15) is 0 Å². The second-order valence-corrected chi connectivity index (χ2v) is 7.40. The Morgan fingerprint density at radius 3 is 2.32 bits per heavy atom. The van der Waals surface area contributed by atoms with Gasteiger partial charge in [0.1, 0.15) is 0 Å². The van der Waals surface area contributed by atoms with Crippen molar-refractivity contribution in [3.8, 4) is 0 Å². The lowest BCUT2D eigenvalue weighted by atomic mass is 9.96. The fourth-order valence-corrected chi connectivity index (χ4v) is 4.35. The Morgan fingerprint density at radius 2 is 1.68 bits per heavy atom. The second-order valence-electron chi connectivity index (χ2n) is 6.37. The Balaban J connectivity index is 1.42. The molecule has 1 aliphatic carbocycles. The molecule has 7 heteroatoms. The Morgan fingerprint density at radius 1 is 1.00 bits per heavy atom. The molecule has 2 saturated heterocycles. The summed E-state index contributed by atoms with van der Waals surface area (Å²) in [4.78, 5) is 28.4. The number of rotatable bonds is 2. The molecule has 0 aromatic heterocycles. The first-order chi connectivity index (χ1) is 10.7. The van der Waals surface area contributed by atoms with Crippen molar-refractivity contribution in [1.29, 1.82) is 0 Å². The predicted octanol–water partition coefficient (Wildman–Crippen LogP) is 0.835. The van der Waals surface area contributed by atoms with E-state index in [-0.39, 0.29) is 18.0 Å². The van der Waals surface area contributed by atoms with Gasteiger partial charge in [0.25, 0.3) is 0 Å². The SMILES string of the molecule is O=C(NC1CCCCC1)N1CCN(C(=O)C2CSCN2)CC1. The van der Waals surface area contributed by atoms with Gasteiger partial charge in [0.05, 0.1) is 6.04 Å². The minimum Gasteiger partial charge on any atom is -0.338 e. The maximum Gasteiger partial charge on any atom is 0.317 e. The quantitative estimate of drug-likeness (QED) is 0.789. The van der Waals surface area contributed by atoms with Crippen LogP contribution in [0.3, 0.4) is 0 Å². The monoisotopic (exact) mass is 326 g/mol. The van der Waals surface area contributed by atoms with Crippen molar-refractivity contribution < 1.29 is 9.59 Å². The number of hydrogen-bond donors (Lipinski definition) is 2. The average Bonchev–Trinajstić information content (AvgIpc) is 3.10. The van der Waals surface area contributed by atoms with Crippen molar-refractivity contribution in [2.75, 3.05) is 37.8 Å². The van der Waals surface area contributed by atoms with E-state index in [0.29, 0.717) is 32.2 Å². The van der Waals surface area contributed by atoms with Crippen LogP contribution in [-0.4, -0.2) is 71.6 Å². The fourth-order valence-electron chi connectivity index (χ4n) is 3.42. The molecule has 0 spiro atoms. The highest BCUT2D eigenvalue weighted by Crippen LogP contribution is 2.18. The molecule has 0 aromatic carbocycles. The van der Waals surface area contributed by atoms with Gasteiger partial charge in [-0.05, 0) is 12.8 Å². The minimum absolute atomic E-state index is 0.0346. The Labute approximate surface area is 136 Å². The summed E-state index contributed by atoms with van der Waals surface area (Å²) in [6, 6.07) is 0.363. The van der Waals surface area contributed by atoms with Gasteiger partial charge >= 0.3 is 6.03 Å². The molecule has 0 aromatic rings. The molecule has 0 radical (unpaired) electrons. The predicted molar refractivity (Wildman–Crippen MR) is 87.8 cm³/mol. The van der Waals surface area contributed by atoms with Gasteiger partial charge in [-0.1, -0.05) is 19.3 Å². The lowest BCUT2D eigenvalue weighted by Crippen LogP contribution is -2.57. The summed E-state index contributed by atoms with van der Waals surface area (Å²) in [6.45, 7) is 2.59. The number of hydrogen-bond acceptors (Lipinski definition) is 4. The number of thioether (sulfide) groups is 1. The van der Waals surface area contributed by atoms with Gasteiger partial charge in [-0.3, -0.25) is 10.1 Å². The maximum atomic E-state index is 12.3. The van der Waals surface area contributed by atoms with Crippen molar-refractivity contribution in [2.45, 2.75) is 44.2 Å². The van der Waals surface area contributed by atoms with Crippen LogP contribution in [-0.2, 0) is 4.79 Å². The first kappa shape index (κ1) is 15.9. The van der Waals surface area contributed by atoms with Crippen LogP contribution in [0.5, 0.6) is 0 Å². The third-order valence-corrected chi connectivity index (χ3v) is 5.77. The number of amides is 3. The van der Waals surface area contributed by atoms with E-state index in [2.05, 4.69) is 10.6 Å². The third-order valence-electron chi connectivity index (χ3n) is 4.83. The Hall–Kier alpha value is -0.950. The number of carbonyl (C=O) groups is 2. The van der Waals surface area contributed by atoms with Crippen LogP contribution in [0.15, 0.2) is 0 Å². The van der Waals surface area contributed by atoms with E-state index in [0.717, 1.165) is 24.5 Å². The summed E-state index contributed by atoms with van der Waals surface area (Å²) in [5, 5.41) is 6.38. The summed E-state index contributed by atoms with van der Waals surface area (Å²) < 4.78 is 0. The summed E-state index contributed by atoms with van der Waals surface area (Å²) >= 11 is 1.77. The summed E-state index contributed by atoms with van der Waals surface area (Å²) in [6.07, 6.45) is 5.95. The number of carbonyl (C=O) groups excluding carboxylic acids is 2. The van der Waals surface area contributed by atoms with E-state index in [1.54, 1.807) is 11.8 Å². The largest absolute Gasteiger partial charge is 0.338 e. The molecule has 0 bridgehead atoms. The molecule has 1 saturated carbocycles. The Bertz CT molecular complexity index is 400. The highest BCUT2D eigenvalue weighted by atomic mass is 32.2. The first-order valence-electron chi connectivity index (χ1n) is 8.39. The molecule has 3 amide bonds. The normalized spacial score (nSPS) is 27.0. The van der Waals surface area contributed by atoms with Gasteiger partial charge < -0.3 is 15.1 Å². The molecule has 124 valence electrons. The van der Waals surface area contributed by atoms with E-state index < -0.39 is 0 Å². The van der Waals surface area contributed by atoms with E-state index in [1.807, 2.05) is 9.80 Å². The number of piperazine rings is 1. The molecule has 6 nitrogen and oxygen atoms in total. The van der Waals surface area contributed by atoms with Crippen molar-refractivity contribution >= 4 is 23.7 Å². The molecule has 1 unspecified atom stereocenters. The van der Waals surface area contributed by atoms with E-state index in [4.69, 9.17) is 0 Å². The van der Waals surface area contributed by atoms with Crippen LogP contribution < -0.4 is 10.6 Å². The van der Waals surface area contributed by atoms with Crippen molar-refractivity contribution in [2.24, 2.45) is 0 Å². The smallest absolute Gasteiger partial charge is 0.317 e. The molecule has 3 rings (SSSR count). The van der Waals surface area contributed by atoms with Crippen LogP contribution in [0.25, 0.3) is 0 Å². The highest BCUT2D eigenvalue weighted by molar-refractivity contribution is 7.99. The summed E-state index contributed by atoms with van der Waals surface area (Å²) in [7, 11) is 0. The van der Waals surface area contributed by atoms with Gasteiger partial charge in [-0.25, -0.2) is 4.79 Å². The molecule has 3 aliphatic rings. The van der Waals surface area contributed by atoms with E-state index in [9.17, 15) is 9.59 Å². The Kier molecular flexibility index (Phi) is 5.46. The van der Waals surface area contributed by atoms with Gasteiger partial charge in [0.15, 0.2) is 0 Å². The molecule has 2 aliphatic heterocycles. The van der Waals surface area contributed by atoms with Crippen molar-refractivity contribution in [1.82, 2.24) is 20.4 Å². The number of nitrogens with one attached hydrogen (secondary N) is 2. The lowest BCUT2D eigenvalue weighted by Gasteiger charge is -2.36. The van der Waals surface area contributed by atoms with Crippen LogP contribution in [0, 0.1) is 0 Å². The third kappa shape index (κ3) is 3.87. The molecule has 2 N–H and O–H groups in total. The topological polar surface area (TPSA) is 64.7 Å². The van der Waals surface area contributed by atoms with Crippen molar-refractivity contribution in [3.05, 3.63) is 0 Å². The van der Waals surface area contributed by atoms with E-state index in [1.165, 1.54) is 19.3 Å². The zero-order valence-corrected chi connectivity index (χ0v) is 13.9. The van der Waals surface area contributed by atoms with Crippen LogP contribution >= 0.6 is 11.8 Å². The molecule has 22 heavy (non-hydrogen) atoms.